The molecule has 0 fully saturated rings. The zero-order valence-corrected chi connectivity index (χ0v) is 13.3. The van der Waals surface area contributed by atoms with Gasteiger partial charge >= 0.3 is 5.97 Å². The first kappa shape index (κ1) is 15.6. The lowest BCUT2D eigenvalue weighted by Gasteiger charge is -2.07. The van der Waals surface area contributed by atoms with Gasteiger partial charge in [0.05, 0.1) is 18.6 Å². The Hall–Kier alpha value is -1.79. The third-order valence-electron chi connectivity index (χ3n) is 2.72. The SMILES string of the molecule is COC(=O)c1scc(C)c1NC(=O)CSc1ccccc1. The number of esters is 1. The van der Waals surface area contributed by atoms with E-state index >= 15 is 0 Å². The fourth-order valence-electron chi connectivity index (χ4n) is 1.68. The van der Waals surface area contributed by atoms with Crippen molar-refractivity contribution in [1.29, 1.82) is 0 Å². The summed E-state index contributed by atoms with van der Waals surface area (Å²) in [5, 5.41) is 4.62. The summed E-state index contributed by atoms with van der Waals surface area (Å²) >= 11 is 2.72. The van der Waals surface area contributed by atoms with Crippen molar-refractivity contribution in [2.75, 3.05) is 18.2 Å². The van der Waals surface area contributed by atoms with Gasteiger partial charge in [-0.25, -0.2) is 4.79 Å². The summed E-state index contributed by atoms with van der Waals surface area (Å²) in [6, 6.07) is 9.69. The Kier molecular flexibility index (Phi) is 5.41. The molecule has 0 atom stereocenters. The molecule has 2 rings (SSSR count). The quantitative estimate of drug-likeness (QED) is 0.675. The van der Waals surface area contributed by atoms with E-state index in [1.807, 2.05) is 42.6 Å². The van der Waals surface area contributed by atoms with Crippen molar-refractivity contribution >= 4 is 40.7 Å². The monoisotopic (exact) mass is 321 g/mol. The van der Waals surface area contributed by atoms with Crippen LogP contribution in [0.2, 0.25) is 0 Å². The number of hydrogen-bond acceptors (Lipinski definition) is 5. The van der Waals surface area contributed by atoms with Gasteiger partial charge in [0.1, 0.15) is 4.88 Å². The Labute approximate surface area is 131 Å². The zero-order valence-electron chi connectivity index (χ0n) is 11.7. The van der Waals surface area contributed by atoms with Crippen LogP contribution in [0, 0.1) is 6.92 Å². The Morgan fingerprint density at radius 2 is 2.00 bits per heavy atom. The number of benzene rings is 1. The van der Waals surface area contributed by atoms with E-state index in [0.717, 1.165) is 10.5 Å². The van der Waals surface area contributed by atoms with Gasteiger partial charge in [-0.15, -0.1) is 23.1 Å². The smallest absolute Gasteiger partial charge is 0.350 e. The summed E-state index contributed by atoms with van der Waals surface area (Å²) in [4.78, 5) is 25.1. The highest BCUT2D eigenvalue weighted by Crippen LogP contribution is 2.28. The summed E-state index contributed by atoms with van der Waals surface area (Å²) < 4.78 is 4.72. The van der Waals surface area contributed by atoms with Crippen LogP contribution in [0.25, 0.3) is 0 Å². The molecule has 4 nitrogen and oxygen atoms in total. The van der Waals surface area contributed by atoms with Crippen LogP contribution >= 0.6 is 23.1 Å². The van der Waals surface area contributed by atoms with Crippen LogP contribution in [0.5, 0.6) is 0 Å². The molecule has 0 aliphatic heterocycles. The number of amides is 1. The molecule has 1 N–H and O–H groups in total. The van der Waals surface area contributed by atoms with Gasteiger partial charge in [-0.3, -0.25) is 4.79 Å². The number of carbonyl (C=O) groups is 2. The van der Waals surface area contributed by atoms with Crippen molar-refractivity contribution in [2.45, 2.75) is 11.8 Å². The molecule has 0 aliphatic carbocycles. The summed E-state index contributed by atoms with van der Waals surface area (Å²) in [6.45, 7) is 1.85. The van der Waals surface area contributed by atoms with Crippen LogP contribution in [0.15, 0.2) is 40.6 Å². The van der Waals surface area contributed by atoms with E-state index in [1.165, 1.54) is 30.2 Å². The van der Waals surface area contributed by atoms with E-state index in [-0.39, 0.29) is 5.91 Å². The van der Waals surface area contributed by atoms with Crippen molar-refractivity contribution in [3.8, 4) is 0 Å². The highest BCUT2D eigenvalue weighted by atomic mass is 32.2. The van der Waals surface area contributed by atoms with Crippen LogP contribution in [0.1, 0.15) is 15.2 Å². The number of rotatable bonds is 5. The van der Waals surface area contributed by atoms with Gasteiger partial charge in [0.2, 0.25) is 5.91 Å². The third-order valence-corrected chi connectivity index (χ3v) is 4.81. The molecule has 0 bridgehead atoms. The van der Waals surface area contributed by atoms with Gasteiger partial charge in [0.15, 0.2) is 0 Å². The topological polar surface area (TPSA) is 55.4 Å². The second-order valence-corrected chi connectivity index (χ2v) is 6.19. The van der Waals surface area contributed by atoms with E-state index in [1.54, 1.807) is 0 Å². The minimum absolute atomic E-state index is 0.143. The van der Waals surface area contributed by atoms with Crippen LogP contribution in [0.3, 0.4) is 0 Å². The van der Waals surface area contributed by atoms with Crippen molar-refractivity contribution in [2.24, 2.45) is 0 Å². The first-order chi connectivity index (χ1) is 10.1. The van der Waals surface area contributed by atoms with Crippen LogP contribution in [-0.2, 0) is 9.53 Å². The van der Waals surface area contributed by atoms with E-state index in [4.69, 9.17) is 4.74 Å². The predicted molar refractivity (Wildman–Crippen MR) is 86.2 cm³/mol. The maximum absolute atomic E-state index is 12.0. The molecule has 21 heavy (non-hydrogen) atoms. The van der Waals surface area contributed by atoms with E-state index in [2.05, 4.69) is 5.32 Å². The maximum Gasteiger partial charge on any atom is 0.350 e. The molecule has 0 aliphatic rings. The molecule has 0 radical (unpaired) electrons. The molecule has 2 aromatic rings. The van der Waals surface area contributed by atoms with E-state index in [9.17, 15) is 9.59 Å². The minimum Gasteiger partial charge on any atom is -0.465 e. The highest BCUT2D eigenvalue weighted by Gasteiger charge is 2.18. The van der Waals surface area contributed by atoms with E-state index in [0.29, 0.717) is 16.3 Å². The fraction of sp³-hybridized carbons (Fsp3) is 0.200. The average Bonchev–Trinajstić information content (AvgIpc) is 2.86. The normalized spacial score (nSPS) is 10.2. The second-order valence-electron chi connectivity index (χ2n) is 4.26. The number of carbonyl (C=O) groups excluding carboxylic acids is 2. The van der Waals surface area contributed by atoms with Crippen molar-refractivity contribution in [3.05, 3.63) is 46.2 Å². The molecule has 1 aromatic carbocycles. The average molecular weight is 321 g/mol. The molecule has 110 valence electrons. The molecule has 0 saturated carbocycles. The zero-order chi connectivity index (χ0) is 15.2. The van der Waals surface area contributed by atoms with Crippen molar-refractivity contribution < 1.29 is 14.3 Å². The molecular weight excluding hydrogens is 306 g/mol. The molecule has 0 unspecified atom stereocenters. The first-order valence-corrected chi connectivity index (χ1v) is 8.12. The molecule has 1 amide bonds. The fourth-order valence-corrected chi connectivity index (χ4v) is 3.32. The lowest BCUT2D eigenvalue weighted by atomic mass is 10.2. The molecule has 1 aromatic heterocycles. The van der Waals surface area contributed by atoms with Gasteiger partial charge < -0.3 is 10.1 Å². The van der Waals surface area contributed by atoms with Gasteiger partial charge in [0, 0.05) is 4.90 Å². The Morgan fingerprint density at radius 3 is 2.67 bits per heavy atom. The first-order valence-electron chi connectivity index (χ1n) is 6.26. The Bertz CT molecular complexity index is 638. The molecule has 0 spiro atoms. The van der Waals surface area contributed by atoms with Crippen LogP contribution < -0.4 is 5.32 Å². The number of thiophene rings is 1. The van der Waals surface area contributed by atoms with Crippen LogP contribution in [-0.4, -0.2) is 24.7 Å². The predicted octanol–water partition coefficient (Wildman–Crippen LogP) is 3.57. The summed E-state index contributed by atoms with van der Waals surface area (Å²) in [5.41, 5.74) is 1.41. The molecule has 6 heteroatoms. The summed E-state index contributed by atoms with van der Waals surface area (Å²) in [5.74, 6) is -0.283. The number of ether oxygens (including phenoxy) is 1. The lowest BCUT2D eigenvalue weighted by Crippen LogP contribution is -2.16. The molecule has 1 heterocycles. The highest BCUT2D eigenvalue weighted by molar-refractivity contribution is 8.00. The number of aryl methyl sites for hydroxylation is 1. The van der Waals surface area contributed by atoms with E-state index < -0.39 is 5.97 Å². The minimum atomic E-state index is -0.431. The van der Waals surface area contributed by atoms with Gasteiger partial charge in [-0.05, 0) is 30.0 Å². The Balaban J connectivity index is 2.00. The second kappa shape index (κ2) is 7.28. The maximum atomic E-state index is 12.0. The summed E-state index contributed by atoms with van der Waals surface area (Å²) in [6.07, 6.45) is 0. The molecule has 0 saturated heterocycles. The largest absolute Gasteiger partial charge is 0.465 e. The third kappa shape index (κ3) is 4.09. The number of nitrogens with one attached hydrogen (secondary N) is 1. The number of methoxy groups -OCH3 is 1. The van der Waals surface area contributed by atoms with Gasteiger partial charge in [-0.1, -0.05) is 18.2 Å². The number of hydrogen-bond donors (Lipinski definition) is 1. The number of thioether (sulfide) groups is 1. The van der Waals surface area contributed by atoms with Gasteiger partial charge in [0.25, 0.3) is 0 Å². The standard InChI is InChI=1S/C15H15NO3S2/c1-10-8-21-14(15(18)19-2)13(10)16-12(17)9-20-11-6-4-3-5-7-11/h3-8H,9H2,1-2H3,(H,16,17). The molecular formula is C15H15NO3S2. The van der Waals surface area contributed by atoms with Crippen LogP contribution in [0.4, 0.5) is 5.69 Å². The van der Waals surface area contributed by atoms with Crippen molar-refractivity contribution in [3.63, 3.8) is 0 Å². The lowest BCUT2D eigenvalue weighted by molar-refractivity contribution is -0.113. The summed E-state index contributed by atoms with van der Waals surface area (Å²) in [7, 11) is 1.33. The Morgan fingerprint density at radius 1 is 1.29 bits per heavy atom. The number of anilines is 1. The van der Waals surface area contributed by atoms with Crippen molar-refractivity contribution in [1.82, 2.24) is 0 Å². The van der Waals surface area contributed by atoms with Gasteiger partial charge in [-0.2, -0.15) is 0 Å².